The average Bonchev–Trinajstić information content (AvgIpc) is 3.28. The van der Waals surface area contributed by atoms with Crippen LogP contribution in [-0.2, 0) is 16.1 Å². The zero-order chi connectivity index (χ0) is 20.1. The summed E-state index contributed by atoms with van der Waals surface area (Å²) in [5.74, 6) is 0.0656. The molecule has 1 aromatic carbocycles. The quantitative estimate of drug-likeness (QED) is 0.788. The Bertz CT molecular complexity index is 767. The number of anilines is 2. The molecule has 1 amide bonds. The average molecular weight is 415 g/mol. The molecule has 1 aromatic heterocycles. The molecule has 0 unspecified atom stereocenters. The predicted octanol–water partition coefficient (Wildman–Crippen LogP) is 2.73. The summed E-state index contributed by atoms with van der Waals surface area (Å²) < 4.78 is 5.41. The van der Waals surface area contributed by atoms with Gasteiger partial charge in [-0.05, 0) is 42.6 Å². The summed E-state index contributed by atoms with van der Waals surface area (Å²) in [4.78, 5) is 21.2. The second-order valence-corrected chi connectivity index (χ2v) is 8.74. The van der Waals surface area contributed by atoms with Crippen molar-refractivity contribution < 1.29 is 9.53 Å². The lowest BCUT2D eigenvalue weighted by atomic mass is 10.2. The number of nitrogens with zero attached hydrogens (tertiary/aromatic N) is 3. The number of nitrogens with one attached hydrogen (secondary N) is 1. The monoisotopic (exact) mass is 414 g/mol. The van der Waals surface area contributed by atoms with E-state index in [0.29, 0.717) is 0 Å². The van der Waals surface area contributed by atoms with Crippen LogP contribution in [0.2, 0.25) is 0 Å². The maximum atomic E-state index is 12.7. The second kappa shape index (κ2) is 9.71. The van der Waals surface area contributed by atoms with Crippen LogP contribution in [0.1, 0.15) is 11.8 Å². The normalized spacial score (nSPS) is 19.8. The number of piperazine rings is 1. The van der Waals surface area contributed by atoms with E-state index >= 15 is 0 Å². The first kappa shape index (κ1) is 20.3. The highest BCUT2D eigenvalue weighted by Crippen LogP contribution is 2.20. The largest absolute Gasteiger partial charge is 0.378 e. The molecule has 0 saturated carbocycles. The third kappa shape index (κ3) is 5.36. The zero-order valence-electron chi connectivity index (χ0n) is 17.0. The zero-order valence-corrected chi connectivity index (χ0v) is 17.9. The summed E-state index contributed by atoms with van der Waals surface area (Å²) in [6.45, 7) is 10.3. The van der Waals surface area contributed by atoms with E-state index in [9.17, 15) is 4.79 Å². The Kier molecular flexibility index (Phi) is 6.82. The fourth-order valence-corrected chi connectivity index (χ4v) is 4.67. The summed E-state index contributed by atoms with van der Waals surface area (Å²) in [7, 11) is 0. The van der Waals surface area contributed by atoms with Gasteiger partial charge in [-0.15, -0.1) is 11.3 Å². The van der Waals surface area contributed by atoms with Crippen LogP contribution in [0.4, 0.5) is 11.4 Å². The van der Waals surface area contributed by atoms with Crippen molar-refractivity contribution in [1.29, 1.82) is 0 Å². The minimum absolute atomic E-state index is 0.0656. The minimum atomic E-state index is -0.127. The Balaban J connectivity index is 1.25. The lowest BCUT2D eigenvalue weighted by Crippen LogP contribution is -2.52. The Morgan fingerprint density at radius 3 is 2.45 bits per heavy atom. The molecular weight excluding hydrogens is 384 g/mol. The topological polar surface area (TPSA) is 48.1 Å². The summed E-state index contributed by atoms with van der Waals surface area (Å²) in [5.41, 5.74) is 2.04. The highest BCUT2D eigenvalue weighted by atomic mass is 32.1. The molecule has 0 spiro atoms. The van der Waals surface area contributed by atoms with Crippen molar-refractivity contribution in [2.24, 2.45) is 0 Å². The first-order valence-corrected chi connectivity index (χ1v) is 11.3. The van der Waals surface area contributed by atoms with E-state index in [1.165, 1.54) is 10.6 Å². The van der Waals surface area contributed by atoms with E-state index in [2.05, 4.69) is 49.7 Å². The standard InChI is InChI=1S/C22H30N4O2S/c1-18(25-10-8-24(9-11-25)17-21-3-2-16-29-21)22(27)23-19-4-6-20(7-5-19)26-12-14-28-15-13-26/h2-7,16,18H,8-15,17H2,1H3,(H,23,27)/t18-/m1/s1. The third-order valence-electron chi connectivity index (χ3n) is 5.80. The molecular formula is C22H30N4O2S. The van der Waals surface area contributed by atoms with Crippen LogP contribution in [-0.4, -0.2) is 74.2 Å². The highest BCUT2D eigenvalue weighted by molar-refractivity contribution is 7.09. The minimum Gasteiger partial charge on any atom is -0.378 e. The first-order valence-electron chi connectivity index (χ1n) is 10.4. The number of amides is 1. The lowest BCUT2D eigenvalue weighted by molar-refractivity contribution is -0.121. The number of thiophene rings is 1. The fourth-order valence-electron chi connectivity index (χ4n) is 3.92. The van der Waals surface area contributed by atoms with Gasteiger partial charge in [0.15, 0.2) is 0 Å². The van der Waals surface area contributed by atoms with Gasteiger partial charge in [0.1, 0.15) is 0 Å². The number of carbonyl (C=O) groups is 1. The van der Waals surface area contributed by atoms with Gasteiger partial charge in [-0.3, -0.25) is 14.6 Å². The predicted molar refractivity (Wildman–Crippen MR) is 119 cm³/mol. The van der Waals surface area contributed by atoms with E-state index in [4.69, 9.17) is 4.74 Å². The molecule has 0 aliphatic carbocycles. The van der Waals surface area contributed by atoms with Gasteiger partial charge < -0.3 is 15.0 Å². The van der Waals surface area contributed by atoms with Gasteiger partial charge in [0, 0.05) is 62.1 Å². The van der Waals surface area contributed by atoms with Gasteiger partial charge in [0.25, 0.3) is 0 Å². The number of hydrogen-bond acceptors (Lipinski definition) is 6. The molecule has 3 heterocycles. The number of benzene rings is 1. The van der Waals surface area contributed by atoms with Gasteiger partial charge in [-0.2, -0.15) is 0 Å². The molecule has 2 aliphatic heterocycles. The molecule has 156 valence electrons. The Morgan fingerprint density at radius 1 is 1.07 bits per heavy atom. The van der Waals surface area contributed by atoms with Crippen molar-refractivity contribution in [1.82, 2.24) is 9.80 Å². The van der Waals surface area contributed by atoms with Crippen molar-refractivity contribution in [3.05, 3.63) is 46.7 Å². The summed E-state index contributed by atoms with van der Waals surface area (Å²) in [6.07, 6.45) is 0. The van der Waals surface area contributed by atoms with Crippen LogP contribution in [0.15, 0.2) is 41.8 Å². The summed E-state index contributed by atoms with van der Waals surface area (Å²) in [6, 6.07) is 12.3. The van der Waals surface area contributed by atoms with E-state index < -0.39 is 0 Å². The Hall–Kier alpha value is -1.93. The molecule has 6 nitrogen and oxygen atoms in total. The van der Waals surface area contributed by atoms with E-state index in [1.807, 2.05) is 30.4 Å². The Labute approximate surface area is 177 Å². The van der Waals surface area contributed by atoms with Crippen LogP contribution in [0, 0.1) is 0 Å². The van der Waals surface area contributed by atoms with E-state index in [0.717, 1.165) is 64.7 Å². The van der Waals surface area contributed by atoms with Gasteiger partial charge in [-0.25, -0.2) is 0 Å². The third-order valence-corrected chi connectivity index (χ3v) is 6.67. The molecule has 2 aliphatic rings. The van der Waals surface area contributed by atoms with Crippen LogP contribution in [0.25, 0.3) is 0 Å². The van der Waals surface area contributed by atoms with Crippen LogP contribution < -0.4 is 10.2 Å². The summed E-state index contributed by atoms with van der Waals surface area (Å²) >= 11 is 1.81. The van der Waals surface area contributed by atoms with Gasteiger partial charge in [0.2, 0.25) is 5.91 Å². The fraction of sp³-hybridized carbons (Fsp3) is 0.500. The molecule has 2 saturated heterocycles. The molecule has 4 rings (SSSR count). The van der Waals surface area contributed by atoms with Crippen LogP contribution in [0.3, 0.4) is 0 Å². The van der Waals surface area contributed by atoms with Crippen molar-refractivity contribution in [3.8, 4) is 0 Å². The van der Waals surface area contributed by atoms with Crippen molar-refractivity contribution in [2.75, 3.05) is 62.7 Å². The van der Waals surface area contributed by atoms with Gasteiger partial charge in [-0.1, -0.05) is 6.07 Å². The molecule has 29 heavy (non-hydrogen) atoms. The first-order chi connectivity index (χ1) is 14.2. The summed E-state index contributed by atoms with van der Waals surface area (Å²) in [5, 5.41) is 5.21. The van der Waals surface area contributed by atoms with Crippen molar-refractivity contribution in [2.45, 2.75) is 19.5 Å². The van der Waals surface area contributed by atoms with Gasteiger partial charge in [0.05, 0.1) is 19.3 Å². The maximum Gasteiger partial charge on any atom is 0.241 e. The van der Waals surface area contributed by atoms with E-state index in [1.54, 1.807) is 0 Å². The SMILES string of the molecule is C[C@H](C(=O)Nc1ccc(N2CCOCC2)cc1)N1CCN(Cc2cccs2)CC1. The number of rotatable bonds is 6. The van der Waals surface area contributed by atoms with Crippen LogP contribution in [0.5, 0.6) is 0 Å². The molecule has 2 fully saturated rings. The Morgan fingerprint density at radius 2 is 1.79 bits per heavy atom. The molecule has 0 bridgehead atoms. The second-order valence-electron chi connectivity index (χ2n) is 7.70. The molecule has 1 atom stereocenters. The van der Waals surface area contributed by atoms with E-state index in [-0.39, 0.29) is 11.9 Å². The van der Waals surface area contributed by atoms with Crippen molar-refractivity contribution >= 4 is 28.6 Å². The number of morpholine rings is 1. The molecule has 2 aromatic rings. The molecule has 1 N–H and O–H groups in total. The lowest BCUT2D eigenvalue weighted by Gasteiger charge is -2.37. The smallest absolute Gasteiger partial charge is 0.241 e. The van der Waals surface area contributed by atoms with Gasteiger partial charge >= 0.3 is 0 Å². The molecule has 0 radical (unpaired) electrons. The highest BCUT2D eigenvalue weighted by Gasteiger charge is 2.25. The maximum absolute atomic E-state index is 12.7. The number of carbonyl (C=O) groups excluding carboxylic acids is 1. The van der Waals surface area contributed by atoms with Crippen molar-refractivity contribution in [3.63, 3.8) is 0 Å². The number of hydrogen-bond donors (Lipinski definition) is 1. The molecule has 7 heteroatoms. The van der Waals surface area contributed by atoms with Crippen LogP contribution >= 0.6 is 11.3 Å². The number of ether oxygens (including phenoxy) is 1.